The lowest BCUT2D eigenvalue weighted by atomic mass is 10.1. The molecular weight excluding hydrogens is 476 g/mol. The van der Waals surface area contributed by atoms with E-state index in [-0.39, 0.29) is 18.7 Å². The summed E-state index contributed by atoms with van der Waals surface area (Å²) in [6.07, 6.45) is 4.29. The molecule has 0 spiro atoms. The van der Waals surface area contributed by atoms with E-state index in [1.54, 1.807) is 6.20 Å². The predicted molar refractivity (Wildman–Crippen MR) is 137 cm³/mol. The van der Waals surface area contributed by atoms with Crippen LogP contribution < -0.4 is 5.32 Å². The van der Waals surface area contributed by atoms with E-state index in [4.69, 9.17) is 0 Å². The molecule has 3 aromatic rings. The molecule has 1 fully saturated rings. The zero-order valence-corrected chi connectivity index (χ0v) is 20.6. The molecule has 0 atom stereocenters. The van der Waals surface area contributed by atoms with Gasteiger partial charge in [0.25, 0.3) is 11.8 Å². The first-order valence-corrected chi connectivity index (χ1v) is 13.2. The molecule has 0 aliphatic carbocycles. The quantitative estimate of drug-likeness (QED) is 0.259. The average molecular weight is 505 g/mol. The average Bonchev–Trinajstić information content (AvgIpc) is 2.89. The molecule has 2 heterocycles. The van der Waals surface area contributed by atoms with E-state index in [0.717, 1.165) is 25.4 Å². The molecule has 2 aromatic carbocycles. The lowest BCUT2D eigenvalue weighted by Crippen LogP contribution is -2.57. The van der Waals surface area contributed by atoms with Crippen molar-refractivity contribution in [3.63, 3.8) is 0 Å². The van der Waals surface area contributed by atoms with Gasteiger partial charge in [-0.25, -0.2) is 8.61 Å². The van der Waals surface area contributed by atoms with Crippen LogP contribution in [0, 0.1) is 0 Å². The number of aromatic nitrogens is 1. The number of carbonyl (C=O) groups excluding carboxylic acids is 2. The van der Waals surface area contributed by atoms with Crippen molar-refractivity contribution in [2.24, 2.45) is 0 Å². The molecule has 1 aliphatic heterocycles. The van der Waals surface area contributed by atoms with Crippen LogP contribution in [0.1, 0.15) is 16.8 Å². The molecule has 1 saturated heterocycles. The van der Waals surface area contributed by atoms with Gasteiger partial charge >= 0.3 is 10.2 Å². The standard InChI is InChI=1S/C27H28N4O4S/c32-26-25(21-28-18-14-24-13-7-8-17-29-24)27(33)31(20-16-23-11-5-2-6-12-23)36(34,35)30(26)19-15-22-9-3-1-4-10-22/h1-13,17,21,28H,14-16,18-20H2. The number of benzene rings is 2. The molecule has 9 heteroatoms. The smallest absolute Gasteiger partial charge is 0.331 e. The van der Waals surface area contributed by atoms with Crippen molar-refractivity contribution >= 4 is 22.0 Å². The minimum Gasteiger partial charge on any atom is -0.390 e. The fourth-order valence-corrected chi connectivity index (χ4v) is 5.41. The van der Waals surface area contributed by atoms with Crippen LogP contribution in [0.2, 0.25) is 0 Å². The summed E-state index contributed by atoms with van der Waals surface area (Å²) in [4.78, 5) is 30.7. The third-order valence-corrected chi connectivity index (χ3v) is 7.67. The molecule has 8 nitrogen and oxygen atoms in total. The fourth-order valence-electron chi connectivity index (χ4n) is 3.92. The highest BCUT2D eigenvalue weighted by Crippen LogP contribution is 2.23. The Labute approximate surface area is 211 Å². The van der Waals surface area contributed by atoms with E-state index in [0.29, 0.717) is 25.8 Å². The van der Waals surface area contributed by atoms with Crippen LogP contribution in [-0.4, -0.2) is 53.5 Å². The van der Waals surface area contributed by atoms with Gasteiger partial charge in [0.05, 0.1) is 0 Å². The highest BCUT2D eigenvalue weighted by Gasteiger charge is 2.46. The lowest BCUT2D eigenvalue weighted by molar-refractivity contribution is -0.131. The summed E-state index contributed by atoms with van der Waals surface area (Å²) in [5.41, 5.74) is 2.45. The molecule has 1 aliphatic rings. The highest BCUT2D eigenvalue weighted by molar-refractivity contribution is 7.88. The second-order valence-electron chi connectivity index (χ2n) is 8.32. The zero-order chi connectivity index (χ0) is 25.4. The van der Waals surface area contributed by atoms with E-state index >= 15 is 0 Å². The minimum absolute atomic E-state index is 0.0639. The van der Waals surface area contributed by atoms with E-state index in [1.165, 1.54) is 6.20 Å². The van der Waals surface area contributed by atoms with Crippen LogP contribution >= 0.6 is 0 Å². The van der Waals surface area contributed by atoms with Crippen molar-refractivity contribution in [3.05, 3.63) is 114 Å². The number of pyridine rings is 1. The molecule has 186 valence electrons. The van der Waals surface area contributed by atoms with Crippen molar-refractivity contribution in [2.45, 2.75) is 19.3 Å². The van der Waals surface area contributed by atoms with Gasteiger partial charge in [-0.05, 0) is 36.1 Å². The lowest BCUT2D eigenvalue weighted by Gasteiger charge is -2.35. The Hall–Kier alpha value is -3.98. The van der Waals surface area contributed by atoms with Gasteiger partial charge in [-0.3, -0.25) is 14.6 Å². The van der Waals surface area contributed by atoms with Crippen LogP contribution in [0.25, 0.3) is 0 Å². The third kappa shape index (κ3) is 5.98. The SMILES string of the molecule is O=C1C(=CNCCc2ccccn2)C(=O)N(CCc2ccccc2)S(=O)(=O)N1CCc1ccccc1. The monoisotopic (exact) mass is 504 g/mol. The predicted octanol–water partition coefficient (Wildman–Crippen LogP) is 2.50. The van der Waals surface area contributed by atoms with Crippen LogP contribution in [-0.2, 0) is 39.1 Å². The number of carbonyl (C=O) groups is 2. The second-order valence-corrected chi connectivity index (χ2v) is 10.1. The Morgan fingerprint density at radius 3 is 1.75 bits per heavy atom. The maximum Gasteiger partial charge on any atom is 0.331 e. The number of hydrogen-bond acceptors (Lipinski definition) is 6. The molecule has 36 heavy (non-hydrogen) atoms. The summed E-state index contributed by atoms with van der Waals surface area (Å²) in [6.45, 7) is 0.305. The summed E-state index contributed by atoms with van der Waals surface area (Å²) in [7, 11) is -4.32. The fraction of sp³-hybridized carbons (Fsp3) is 0.222. The summed E-state index contributed by atoms with van der Waals surface area (Å²) < 4.78 is 28.4. The Kier molecular flexibility index (Phi) is 8.12. The van der Waals surface area contributed by atoms with Crippen molar-refractivity contribution in [1.82, 2.24) is 18.9 Å². The van der Waals surface area contributed by atoms with Crippen LogP contribution in [0.15, 0.2) is 96.8 Å². The van der Waals surface area contributed by atoms with Crippen LogP contribution in [0.4, 0.5) is 0 Å². The Balaban J connectivity index is 1.54. The van der Waals surface area contributed by atoms with E-state index in [1.807, 2.05) is 78.9 Å². The van der Waals surface area contributed by atoms with Crippen molar-refractivity contribution in [2.75, 3.05) is 19.6 Å². The molecular formula is C27H28N4O4S. The Bertz CT molecular complexity index is 1240. The molecule has 4 rings (SSSR count). The van der Waals surface area contributed by atoms with Crippen molar-refractivity contribution in [3.8, 4) is 0 Å². The highest BCUT2D eigenvalue weighted by atomic mass is 32.2. The first-order valence-electron chi connectivity index (χ1n) is 11.8. The molecule has 0 unspecified atom stereocenters. The molecule has 1 N–H and O–H groups in total. The summed E-state index contributed by atoms with van der Waals surface area (Å²) in [5.74, 6) is -1.64. The molecule has 2 amide bonds. The number of amides is 2. The van der Waals surface area contributed by atoms with Gasteiger partial charge in [-0.1, -0.05) is 66.7 Å². The molecule has 0 bridgehead atoms. The number of nitrogens with one attached hydrogen (secondary N) is 1. The van der Waals surface area contributed by atoms with Gasteiger partial charge in [0.2, 0.25) is 0 Å². The summed E-state index contributed by atoms with van der Waals surface area (Å²) in [5, 5.41) is 2.99. The maximum absolute atomic E-state index is 13.4. The van der Waals surface area contributed by atoms with Gasteiger partial charge in [0.15, 0.2) is 0 Å². The van der Waals surface area contributed by atoms with Crippen LogP contribution in [0.3, 0.4) is 0 Å². The van der Waals surface area contributed by atoms with Crippen LogP contribution in [0.5, 0.6) is 0 Å². The van der Waals surface area contributed by atoms with Gasteiger partial charge in [0, 0.05) is 44.1 Å². The van der Waals surface area contributed by atoms with Gasteiger partial charge in [0.1, 0.15) is 5.57 Å². The zero-order valence-electron chi connectivity index (χ0n) is 19.8. The Morgan fingerprint density at radius 1 is 0.722 bits per heavy atom. The maximum atomic E-state index is 13.4. The summed E-state index contributed by atoms with van der Waals surface area (Å²) >= 11 is 0. The normalized spacial score (nSPS) is 15.2. The topological polar surface area (TPSA) is 99.7 Å². The molecule has 1 aromatic heterocycles. The largest absolute Gasteiger partial charge is 0.390 e. The second kappa shape index (κ2) is 11.6. The Morgan fingerprint density at radius 2 is 1.25 bits per heavy atom. The first kappa shape index (κ1) is 25.1. The molecule has 0 radical (unpaired) electrons. The number of hydrogen-bond donors (Lipinski definition) is 1. The third-order valence-electron chi connectivity index (χ3n) is 5.86. The number of rotatable bonds is 10. The van der Waals surface area contributed by atoms with Gasteiger partial charge in [-0.15, -0.1) is 0 Å². The summed E-state index contributed by atoms with van der Waals surface area (Å²) in [6, 6.07) is 24.2. The van der Waals surface area contributed by atoms with E-state index < -0.39 is 22.0 Å². The van der Waals surface area contributed by atoms with Crippen molar-refractivity contribution in [1.29, 1.82) is 0 Å². The number of nitrogens with zero attached hydrogens (tertiary/aromatic N) is 3. The first-order chi connectivity index (χ1) is 17.5. The van der Waals surface area contributed by atoms with E-state index in [2.05, 4.69) is 10.3 Å². The van der Waals surface area contributed by atoms with Gasteiger partial charge < -0.3 is 5.32 Å². The van der Waals surface area contributed by atoms with Gasteiger partial charge in [-0.2, -0.15) is 8.42 Å². The van der Waals surface area contributed by atoms with E-state index in [9.17, 15) is 18.0 Å². The minimum atomic E-state index is -4.32. The molecule has 0 saturated carbocycles. The van der Waals surface area contributed by atoms with Crippen molar-refractivity contribution < 1.29 is 18.0 Å².